The molecule has 0 saturated carbocycles. The van der Waals surface area contributed by atoms with Gasteiger partial charge in [-0.2, -0.15) is 0 Å². The average Bonchev–Trinajstić information content (AvgIpc) is 2.96. The zero-order valence-electron chi connectivity index (χ0n) is 12.4. The lowest BCUT2D eigenvalue weighted by atomic mass is 10.0. The third kappa shape index (κ3) is 3.08. The van der Waals surface area contributed by atoms with Crippen molar-refractivity contribution in [1.82, 2.24) is 0 Å². The highest BCUT2D eigenvalue weighted by Crippen LogP contribution is 2.31. The predicted octanol–water partition coefficient (Wildman–Crippen LogP) is 5.12. The molecule has 3 rings (SSSR count). The molecule has 2 aromatic carbocycles. The van der Waals surface area contributed by atoms with Gasteiger partial charge in [-0.1, -0.05) is 18.2 Å². The summed E-state index contributed by atoms with van der Waals surface area (Å²) in [5, 5.41) is 3.55. The molecule has 1 atom stereocenters. The predicted molar refractivity (Wildman–Crippen MR) is 91.2 cm³/mol. The zero-order valence-corrected chi connectivity index (χ0v) is 14.0. The Labute approximate surface area is 134 Å². The normalized spacial score (nSPS) is 14.6. The second-order valence-electron chi connectivity index (χ2n) is 5.60. The van der Waals surface area contributed by atoms with Crippen molar-refractivity contribution in [1.29, 1.82) is 0 Å². The van der Waals surface area contributed by atoms with E-state index in [9.17, 15) is 0 Å². The van der Waals surface area contributed by atoms with Crippen molar-refractivity contribution >= 4 is 21.6 Å². The summed E-state index contributed by atoms with van der Waals surface area (Å²) < 4.78 is 6.32. The van der Waals surface area contributed by atoms with Gasteiger partial charge in [-0.15, -0.1) is 0 Å². The molecule has 21 heavy (non-hydrogen) atoms. The molecule has 0 fully saturated rings. The first-order valence-corrected chi connectivity index (χ1v) is 8.18. The Balaban J connectivity index is 1.78. The fourth-order valence-electron chi connectivity index (χ4n) is 2.94. The standard InChI is InChI=1S/C18H20BrNO/c1-12(14-7-6-13-4-3-5-15(13)10-14)20-16-8-9-17(19)18(11-16)21-2/h6-12,20H,3-5H2,1-2H3. The molecular formula is C18H20BrNO. The van der Waals surface area contributed by atoms with E-state index >= 15 is 0 Å². The fraction of sp³-hybridized carbons (Fsp3) is 0.333. The summed E-state index contributed by atoms with van der Waals surface area (Å²) >= 11 is 3.48. The van der Waals surface area contributed by atoms with Crippen LogP contribution in [0.3, 0.4) is 0 Å². The van der Waals surface area contributed by atoms with Crippen LogP contribution in [0, 0.1) is 0 Å². The van der Waals surface area contributed by atoms with Gasteiger partial charge in [-0.05, 0) is 70.9 Å². The first-order valence-electron chi connectivity index (χ1n) is 7.39. The van der Waals surface area contributed by atoms with E-state index in [1.165, 1.54) is 36.0 Å². The van der Waals surface area contributed by atoms with Crippen LogP contribution in [0.4, 0.5) is 5.69 Å². The molecule has 2 nitrogen and oxygen atoms in total. The van der Waals surface area contributed by atoms with Gasteiger partial charge in [-0.25, -0.2) is 0 Å². The van der Waals surface area contributed by atoms with Gasteiger partial charge in [0, 0.05) is 17.8 Å². The lowest BCUT2D eigenvalue weighted by Crippen LogP contribution is -2.07. The molecule has 110 valence electrons. The van der Waals surface area contributed by atoms with E-state index in [1.54, 1.807) is 7.11 Å². The van der Waals surface area contributed by atoms with E-state index in [1.807, 2.05) is 12.1 Å². The van der Waals surface area contributed by atoms with Gasteiger partial charge in [0.2, 0.25) is 0 Å². The topological polar surface area (TPSA) is 21.3 Å². The van der Waals surface area contributed by atoms with Gasteiger partial charge in [0.1, 0.15) is 5.75 Å². The van der Waals surface area contributed by atoms with E-state index in [2.05, 4.69) is 52.4 Å². The van der Waals surface area contributed by atoms with E-state index < -0.39 is 0 Å². The maximum absolute atomic E-state index is 5.35. The van der Waals surface area contributed by atoms with Gasteiger partial charge in [0.25, 0.3) is 0 Å². The molecular weight excluding hydrogens is 326 g/mol. The van der Waals surface area contributed by atoms with Crippen molar-refractivity contribution in [2.24, 2.45) is 0 Å². The second-order valence-corrected chi connectivity index (χ2v) is 6.45. The Morgan fingerprint density at radius 1 is 1.10 bits per heavy atom. The molecule has 0 spiro atoms. The third-order valence-electron chi connectivity index (χ3n) is 4.16. The number of ether oxygens (including phenoxy) is 1. The maximum atomic E-state index is 5.35. The third-order valence-corrected chi connectivity index (χ3v) is 4.81. The molecule has 0 amide bonds. The SMILES string of the molecule is COc1cc(NC(C)c2ccc3c(c2)CCC3)ccc1Br. The maximum Gasteiger partial charge on any atom is 0.135 e. The van der Waals surface area contributed by atoms with Gasteiger partial charge in [0.05, 0.1) is 11.6 Å². The molecule has 0 aromatic heterocycles. The number of hydrogen-bond donors (Lipinski definition) is 1. The molecule has 3 heteroatoms. The van der Waals surface area contributed by atoms with E-state index in [0.717, 1.165) is 15.9 Å². The molecule has 1 unspecified atom stereocenters. The first kappa shape index (κ1) is 14.5. The number of rotatable bonds is 4. The van der Waals surface area contributed by atoms with Gasteiger partial charge in [0.15, 0.2) is 0 Å². The number of halogens is 1. The number of benzene rings is 2. The number of methoxy groups -OCH3 is 1. The summed E-state index contributed by atoms with van der Waals surface area (Å²) in [7, 11) is 1.69. The Kier molecular flexibility index (Phi) is 4.20. The van der Waals surface area contributed by atoms with Crippen molar-refractivity contribution in [3.05, 3.63) is 57.6 Å². The monoisotopic (exact) mass is 345 g/mol. The number of hydrogen-bond acceptors (Lipinski definition) is 2. The van der Waals surface area contributed by atoms with Crippen molar-refractivity contribution in [3.8, 4) is 5.75 Å². The van der Waals surface area contributed by atoms with E-state index in [-0.39, 0.29) is 6.04 Å². The molecule has 1 N–H and O–H groups in total. The average molecular weight is 346 g/mol. The van der Waals surface area contributed by atoms with Crippen LogP contribution < -0.4 is 10.1 Å². The Bertz CT molecular complexity index is 654. The highest BCUT2D eigenvalue weighted by atomic mass is 79.9. The number of aryl methyl sites for hydroxylation is 2. The van der Waals surface area contributed by atoms with Crippen LogP contribution in [0.2, 0.25) is 0 Å². The van der Waals surface area contributed by atoms with Crippen LogP contribution >= 0.6 is 15.9 Å². The summed E-state index contributed by atoms with van der Waals surface area (Å²) in [5.41, 5.74) is 5.46. The minimum absolute atomic E-state index is 0.279. The van der Waals surface area contributed by atoms with Crippen LogP contribution in [0.1, 0.15) is 36.1 Å². The Hall–Kier alpha value is -1.48. The van der Waals surface area contributed by atoms with Crippen molar-refractivity contribution in [2.45, 2.75) is 32.2 Å². The number of anilines is 1. The molecule has 1 aliphatic carbocycles. The molecule has 0 saturated heterocycles. The Morgan fingerprint density at radius 3 is 2.71 bits per heavy atom. The van der Waals surface area contributed by atoms with Crippen LogP contribution in [0.5, 0.6) is 5.75 Å². The van der Waals surface area contributed by atoms with Gasteiger partial charge < -0.3 is 10.1 Å². The summed E-state index contributed by atoms with van der Waals surface area (Å²) in [6.07, 6.45) is 3.76. The first-order chi connectivity index (χ1) is 10.2. The smallest absolute Gasteiger partial charge is 0.135 e. The molecule has 0 bridgehead atoms. The quantitative estimate of drug-likeness (QED) is 0.830. The second kappa shape index (κ2) is 6.10. The molecule has 0 aliphatic heterocycles. The van der Waals surface area contributed by atoms with Crippen molar-refractivity contribution < 1.29 is 4.74 Å². The highest BCUT2D eigenvalue weighted by molar-refractivity contribution is 9.10. The molecule has 1 aliphatic rings. The van der Waals surface area contributed by atoms with Crippen LogP contribution in [-0.4, -0.2) is 7.11 Å². The van der Waals surface area contributed by atoms with Crippen LogP contribution in [-0.2, 0) is 12.8 Å². The molecule has 2 aromatic rings. The van der Waals surface area contributed by atoms with Gasteiger partial charge in [-0.3, -0.25) is 0 Å². The fourth-order valence-corrected chi connectivity index (χ4v) is 3.35. The summed E-state index contributed by atoms with van der Waals surface area (Å²) in [5.74, 6) is 0.848. The number of nitrogens with one attached hydrogen (secondary N) is 1. The molecule has 0 heterocycles. The highest BCUT2D eigenvalue weighted by Gasteiger charge is 2.13. The summed E-state index contributed by atoms with van der Waals surface area (Å²) in [6, 6.07) is 13.3. The lowest BCUT2D eigenvalue weighted by Gasteiger charge is -2.17. The number of fused-ring (bicyclic) bond motifs is 1. The largest absolute Gasteiger partial charge is 0.495 e. The zero-order chi connectivity index (χ0) is 14.8. The van der Waals surface area contributed by atoms with E-state index in [0.29, 0.717) is 0 Å². The van der Waals surface area contributed by atoms with Gasteiger partial charge >= 0.3 is 0 Å². The van der Waals surface area contributed by atoms with Crippen LogP contribution in [0.15, 0.2) is 40.9 Å². The van der Waals surface area contributed by atoms with Crippen molar-refractivity contribution in [3.63, 3.8) is 0 Å². The molecule has 0 radical (unpaired) electrons. The van der Waals surface area contributed by atoms with Crippen molar-refractivity contribution in [2.75, 3.05) is 12.4 Å². The minimum atomic E-state index is 0.279. The Morgan fingerprint density at radius 2 is 1.90 bits per heavy atom. The summed E-state index contributed by atoms with van der Waals surface area (Å²) in [6.45, 7) is 2.20. The van der Waals surface area contributed by atoms with Crippen LogP contribution in [0.25, 0.3) is 0 Å². The minimum Gasteiger partial charge on any atom is -0.495 e. The van der Waals surface area contributed by atoms with E-state index in [4.69, 9.17) is 4.74 Å². The summed E-state index contributed by atoms with van der Waals surface area (Å²) in [4.78, 5) is 0. The lowest BCUT2D eigenvalue weighted by molar-refractivity contribution is 0.412.